The Labute approximate surface area is 107 Å². The molecule has 1 aliphatic heterocycles. The number of rotatable bonds is 5. The molecule has 4 nitrogen and oxygen atoms in total. The smallest absolute Gasteiger partial charge is 0.231 e. The predicted octanol–water partition coefficient (Wildman–Crippen LogP) is 2.12. The molecule has 1 aromatic carbocycles. The molecule has 0 fully saturated rings. The summed E-state index contributed by atoms with van der Waals surface area (Å²) < 4.78 is 10.5. The fourth-order valence-electron chi connectivity index (χ4n) is 1.80. The Hall–Kier alpha value is -1.71. The zero-order valence-electron chi connectivity index (χ0n) is 10.9. The van der Waals surface area contributed by atoms with E-state index in [4.69, 9.17) is 9.47 Å². The van der Waals surface area contributed by atoms with Crippen molar-refractivity contribution in [2.45, 2.75) is 26.7 Å². The lowest BCUT2D eigenvalue weighted by molar-refractivity contribution is -0.120. The van der Waals surface area contributed by atoms with Gasteiger partial charge in [0, 0.05) is 6.54 Å². The standard InChI is InChI=1S/C14H19NO3/c1-10(2)5-6-15-14(16)8-11-3-4-12-13(7-11)18-9-17-12/h3-4,7,10H,5-6,8-9H2,1-2H3,(H,15,16). The van der Waals surface area contributed by atoms with E-state index >= 15 is 0 Å². The molecule has 0 spiro atoms. The van der Waals surface area contributed by atoms with E-state index in [0.717, 1.165) is 30.0 Å². The highest BCUT2D eigenvalue weighted by Gasteiger charge is 2.14. The van der Waals surface area contributed by atoms with Gasteiger partial charge in [0.05, 0.1) is 6.42 Å². The molecule has 0 saturated carbocycles. The lowest BCUT2D eigenvalue weighted by Gasteiger charge is -2.07. The average Bonchev–Trinajstić information content (AvgIpc) is 2.75. The Morgan fingerprint density at radius 2 is 2.11 bits per heavy atom. The van der Waals surface area contributed by atoms with Gasteiger partial charge in [-0.25, -0.2) is 0 Å². The van der Waals surface area contributed by atoms with Crippen LogP contribution in [0.3, 0.4) is 0 Å². The van der Waals surface area contributed by atoms with Crippen LogP contribution < -0.4 is 14.8 Å². The molecule has 0 aromatic heterocycles. The van der Waals surface area contributed by atoms with Crippen LogP contribution in [-0.2, 0) is 11.2 Å². The molecular weight excluding hydrogens is 230 g/mol. The van der Waals surface area contributed by atoms with Crippen molar-refractivity contribution < 1.29 is 14.3 Å². The number of hydrogen-bond donors (Lipinski definition) is 1. The van der Waals surface area contributed by atoms with Gasteiger partial charge in [-0.1, -0.05) is 19.9 Å². The van der Waals surface area contributed by atoms with E-state index in [1.807, 2.05) is 18.2 Å². The van der Waals surface area contributed by atoms with Crippen LogP contribution in [0.4, 0.5) is 0 Å². The van der Waals surface area contributed by atoms with E-state index in [-0.39, 0.29) is 12.7 Å². The summed E-state index contributed by atoms with van der Waals surface area (Å²) in [6, 6.07) is 5.61. The molecule has 0 bridgehead atoms. The third-order valence-corrected chi connectivity index (χ3v) is 2.85. The van der Waals surface area contributed by atoms with Gasteiger partial charge in [0.25, 0.3) is 0 Å². The van der Waals surface area contributed by atoms with Crippen molar-refractivity contribution in [2.75, 3.05) is 13.3 Å². The molecule has 2 rings (SSSR count). The summed E-state index contributed by atoms with van der Waals surface area (Å²) in [5.41, 5.74) is 0.946. The first kappa shape index (κ1) is 12.7. The molecule has 1 aliphatic rings. The van der Waals surface area contributed by atoms with Crippen LogP contribution in [0.15, 0.2) is 18.2 Å². The molecule has 0 aliphatic carbocycles. The molecule has 0 unspecified atom stereocenters. The number of fused-ring (bicyclic) bond motifs is 1. The Bertz CT molecular complexity index is 429. The first-order valence-corrected chi connectivity index (χ1v) is 6.30. The first-order chi connectivity index (χ1) is 8.65. The highest BCUT2D eigenvalue weighted by molar-refractivity contribution is 5.78. The minimum absolute atomic E-state index is 0.0505. The molecule has 1 heterocycles. The number of ether oxygens (including phenoxy) is 2. The fourth-order valence-corrected chi connectivity index (χ4v) is 1.80. The number of hydrogen-bond acceptors (Lipinski definition) is 3. The lowest BCUT2D eigenvalue weighted by Crippen LogP contribution is -2.26. The summed E-state index contributed by atoms with van der Waals surface area (Å²) in [4.78, 5) is 11.7. The highest BCUT2D eigenvalue weighted by Crippen LogP contribution is 2.32. The molecule has 1 amide bonds. The number of carbonyl (C=O) groups is 1. The molecule has 1 N–H and O–H groups in total. The maximum Gasteiger partial charge on any atom is 0.231 e. The zero-order chi connectivity index (χ0) is 13.0. The molecule has 18 heavy (non-hydrogen) atoms. The summed E-state index contributed by atoms with van der Waals surface area (Å²) in [7, 11) is 0. The van der Waals surface area contributed by atoms with E-state index < -0.39 is 0 Å². The van der Waals surface area contributed by atoms with Gasteiger partial charge in [-0.2, -0.15) is 0 Å². The second-order valence-corrected chi connectivity index (χ2v) is 4.90. The fraction of sp³-hybridized carbons (Fsp3) is 0.500. The summed E-state index contributed by atoms with van der Waals surface area (Å²) >= 11 is 0. The summed E-state index contributed by atoms with van der Waals surface area (Å²) in [5.74, 6) is 2.13. The van der Waals surface area contributed by atoms with Crippen LogP contribution >= 0.6 is 0 Å². The van der Waals surface area contributed by atoms with Crippen LogP contribution in [0, 0.1) is 5.92 Å². The van der Waals surface area contributed by atoms with E-state index in [1.165, 1.54) is 0 Å². The monoisotopic (exact) mass is 249 g/mol. The third-order valence-electron chi connectivity index (χ3n) is 2.85. The van der Waals surface area contributed by atoms with Gasteiger partial charge in [-0.05, 0) is 30.0 Å². The van der Waals surface area contributed by atoms with Crippen molar-refractivity contribution in [1.29, 1.82) is 0 Å². The molecule has 0 radical (unpaired) electrons. The number of carbonyl (C=O) groups excluding carboxylic acids is 1. The quantitative estimate of drug-likeness (QED) is 0.869. The maximum atomic E-state index is 11.7. The van der Waals surface area contributed by atoms with Crippen molar-refractivity contribution in [3.05, 3.63) is 23.8 Å². The van der Waals surface area contributed by atoms with E-state index in [0.29, 0.717) is 12.3 Å². The van der Waals surface area contributed by atoms with Crippen molar-refractivity contribution >= 4 is 5.91 Å². The van der Waals surface area contributed by atoms with Gasteiger partial charge in [0.1, 0.15) is 0 Å². The molecular formula is C14H19NO3. The average molecular weight is 249 g/mol. The van der Waals surface area contributed by atoms with Gasteiger partial charge in [-0.3, -0.25) is 4.79 Å². The van der Waals surface area contributed by atoms with Crippen LogP contribution in [0.1, 0.15) is 25.8 Å². The van der Waals surface area contributed by atoms with E-state index in [1.54, 1.807) is 0 Å². The van der Waals surface area contributed by atoms with Gasteiger partial charge >= 0.3 is 0 Å². The van der Waals surface area contributed by atoms with Gasteiger partial charge in [0.15, 0.2) is 11.5 Å². The predicted molar refractivity (Wildman–Crippen MR) is 68.7 cm³/mol. The highest BCUT2D eigenvalue weighted by atomic mass is 16.7. The van der Waals surface area contributed by atoms with Crippen LogP contribution in [0.5, 0.6) is 11.5 Å². The zero-order valence-corrected chi connectivity index (χ0v) is 10.9. The summed E-state index contributed by atoms with van der Waals surface area (Å²) in [6.07, 6.45) is 1.39. The van der Waals surface area contributed by atoms with Gasteiger partial charge in [0.2, 0.25) is 12.7 Å². The number of amides is 1. The molecule has 98 valence electrons. The Kier molecular flexibility index (Phi) is 4.07. The third kappa shape index (κ3) is 3.39. The Morgan fingerprint density at radius 1 is 1.33 bits per heavy atom. The number of nitrogens with one attached hydrogen (secondary N) is 1. The maximum absolute atomic E-state index is 11.7. The molecule has 0 atom stereocenters. The van der Waals surface area contributed by atoms with Crippen molar-refractivity contribution in [2.24, 2.45) is 5.92 Å². The van der Waals surface area contributed by atoms with Crippen LogP contribution in [0.25, 0.3) is 0 Å². The Balaban J connectivity index is 1.84. The van der Waals surface area contributed by atoms with E-state index in [2.05, 4.69) is 19.2 Å². The van der Waals surface area contributed by atoms with Gasteiger partial charge in [-0.15, -0.1) is 0 Å². The Morgan fingerprint density at radius 3 is 2.89 bits per heavy atom. The second kappa shape index (κ2) is 5.76. The van der Waals surface area contributed by atoms with Crippen LogP contribution in [-0.4, -0.2) is 19.2 Å². The van der Waals surface area contributed by atoms with E-state index in [9.17, 15) is 4.79 Å². The molecule has 0 saturated heterocycles. The SMILES string of the molecule is CC(C)CCNC(=O)Cc1ccc2c(c1)OCO2. The summed E-state index contributed by atoms with van der Waals surface area (Å²) in [6.45, 7) is 5.29. The number of benzene rings is 1. The van der Waals surface area contributed by atoms with Crippen molar-refractivity contribution in [3.8, 4) is 11.5 Å². The normalized spacial score (nSPS) is 12.8. The topological polar surface area (TPSA) is 47.6 Å². The summed E-state index contributed by atoms with van der Waals surface area (Å²) in [5, 5.41) is 2.92. The van der Waals surface area contributed by atoms with Gasteiger partial charge < -0.3 is 14.8 Å². The van der Waals surface area contributed by atoms with Crippen LogP contribution in [0.2, 0.25) is 0 Å². The largest absolute Gasteiger partial charge is 0.454 e. The molecule has 1 aromatic rings. The minimum atomic E-state index is 0.0505. The first-order valence-electron chi connectivity index (χ1n) is 6.30. The minimum Gasteiger partial charge on any atom is -0.454 e. The molecule has 4 heteroatoms. The van der Waals surface area contributed by atoms with Crippen molar-refractivity contribution in [3.63, 3.8) is 0 Å². The van der Waals surface area contributed by atoms with Crippen molar-refractivity contribution in [1.82, 2.24) is 5.32 Å². The lowest BCUT2D eigenvalue weighted by atomic mass is 10.1. The second-order valence-electron chi connectivity index (χ2n) is 4.90.